The average molecular weight is 190 g/mol. The van der Waals surface area contributed by atoms with Crippen molar-refractivity contribution >= 4 is 15.1 Å². The molecule has 2 unspecified atom stereocenters. The van der Waals surface area contributed by atoms with E-state index in [9.17, 15) is 4.79 Å². The first-order valence-electron chi connectivity index (χ1n) is 3.99. The van der Waals surface area contributed by atoms with Gasteiger partial charge in [0.1, 0.15) is 0 Å². The summed E-state index contributed by atoms with van der Waals surface area (Å²) in [7, 11) is 4.18. The molecule has 0 bridgehead atoms. The zero-order valence-corrected chi connectivity index (χ0v) is 9.42. The van der Waals surface area contributed by atoms with Gasteiger partial charge in [0.2, 0.25) is 5.91 Å². The van der Waals surface area contributed by atoms with Crippen LogP contribution in [0.1, 0.15) is 27.2 Å². The Kier molecular flexibility index (Phi) is 3.67. The second-order valence-corrected chi connectivity index (χ2v) is 5.46. The monoisotopic (exact) mass is 190 g/mol. The van der Waals surface area contributed by atoms with Crippen LogP contribution in [0.5, 0.6) is 0 Å². The number of carbonyl (C=O) groups excluding carboxylic acids is 1. The number of nitrogens with one attached hydrogen (secondary N) is 1. The molecule has 72 valence electrons. The van der Waals surface area contributed by atoms with Crippen LogP contribution in [0.15, 0.2) is 0 Å². The number of rotatable bonds is 3. The molecule has 0 heterocycles. The third-order valence-corrected chi connectivity index (χ3v) is 1.87. The zero-order valence-electron chi connectivity index (χ0n) is 8.27. The van der Waals surface area contributed by atoms with Crippen LogP contribution < -0.4 is 11.1 Å². The van der Waals surface area contributed by atoms with Crippen LogP contribution in [0.3, 0.4) is 0 Å². The van der Waals surface area contributed by atoms with Gasteiger partial charge in [-0.05, 0) is 13.3 Å². The van der Waals surface area contributed by atoms with Gasteiger partial charge in [-0.3, -0.25) is 4.79 Å². The highest BCUT2D eigenvalue weighted by molar-refractivity contribution is 7.18. The van der Waals surface area contributed by atoms with Crippen molar-refractivity contribution in [3.8, 4) is 0 Å². The summed E-state index contributed by atoms with van der Waals surface area (Å²) in [5.74, 6) is 0.0293. The molecule has 3 nitrogen and oxygen atoms in total. The lowest BCUT2D eigenvalue weighted by atomic mass is 9.85. The molecule has 0 aliphatic carbocycles. The summed E-state index contributed by atoms with van der Waals surface area (Å²) in [6.07, 6.45) is 0.643. The van der Waals surface area contributed by atoms with Crippen LogP contribution in [0.4, 0.5) is 0 Å². The molecule has 1 amide bonds. The highest BCUT2D eigenvalue weighted by atomic mass is 31.0. The Hall–Kier alpha value is -0.140. The Bertz CT molecular complexity index is 172. The molecule has 0 aliphatic rings. The maximum atomic E-state index is 11.3. The lowest BCUT2D eigenvalue weighted by Crippen LogP contribution is -2.42. The quantitative estimate of drug-likeness (QED) is 0.643. The summed E-state index contributed by atoms with van der Waals surface area (Å²) in [6.45, 7) is 5.67. The van der Waals surface area contributed by atoms with Gasteiger partial charge in [0.05, 0.1) is 0 Å². The van der Waals surface area contributed by atoms with Crippen molar-refractivity contribution in [1.29, 1.82) is 0 Å². The minimum absolute atomic E-state index is 0.0293. The van der Waals surface area contributed by atoms with E-state index in [1.807, 2.05) is 20.8 Å². The highest BCUT2D eigenvalue weighted by Crippen LogP contribution is 2.30. The molecular formula is C8H19N2OP. The second-order valence-electron chi connectivity index (χ2n) is 4.15. The number of carbonyl (C=O) groups is 1. The molecule has 0 fully saturated rings. The van der Waals surface area contributed by atoms with E-state index < -0.39 is 5.41 Å². The molecule has 0 saturated heterocycles. The van der Waals surface area contributed by atoms with Crippen molar-refractivity contribution in [2.45, 2.75) is 32.5 Å². The lowest BCUT2D eigenvalue weighted by molar-refractivity contribution is -0.129. The normalized spacial score (nSPS) is 16.8. The van der Waals surface area contributed by atoms with Gasteiger partial charge in [0.15, 0.2) is 0 Å². The largest absolute Gasteiger partial charge is 0.359 e. The van der Waals surface area contributed by atoms with E-state index in [-0.39, 0.29) is 11.2 Å². The molecule has 0 aromatic heterocycles. The summed E-state index contributed by atoms with van der Waals surface area (Å²) in [5.41, 5.74) is 5.39. The molecule has 0 aromatic rings. The molecular weight excluding hydrogens is 171 g/mol. The standard InChI is InChI=1S/C8H19N2OP/c1-7(2,6(11)10-4)5-8(3,9)12/h5,9,12H2,1-4H3,(H,10,11). The minimum atomic E-state index is -0.403. The zero-order chi connectivity index (χ0) is 9.99. The van der Waals surface area contributed by atoms with Crippen molar-refractivity contribution in [2.75, 3.05) is 7.05 Å². The predicted molar refractivity (Wildman–Crippen MR) is 54.8 cm³/mol. The average Bonchev–Trinajstić information content (AvgIpc) is 1.80. The summed E-state index contributed by atoms with van der Waals surface area (Å²) >= 11 is 0. The fraction of sp³-hybridized carbons (Fsp3) is 0.875. The van der Waals surface area contributed by atoms with E-state index >= 15 is 0 Å². The van der Waals surface area contributed by atoms with E-state index in [1.165, 1.54) is 0 Å². The van der Waals surface area contributed by atoms with Gasteiger partial charge in [-0.15, -0.1) is 9.24 Å². The summed E-state index contributed by atoms with van der Waals surface area (Å²) in [4.78, 5) is 11.3. The second kappa shape index (κ2) is 3.71. The van der Waals surface area contributed by atoms with Gasteiger partial charge in [-0.25, -0.2) is 0 Å². The topological polar surface area (TPSA) is 55.1 Å². The Morgan fingerprint density at radius 1 is 1.50 bits per heavy atom. The van der Waals surface area contributed by atoms with Crippen molar-refractivity contribution in [3.05, 3.63) is 0 Å². The predicted octanol–water partition coefficient (Wildman–Crippen LogP) is 0.699. The van der Waals surface area contributed by atoms with Gasteiger partial charge in [-0.1, -0.05) is 13.8 Å². The van der Waals surface area contributed by atoms with Gasteiger partial charge < -0.3 is 11.1 Å². The van der Waals surface area contributed by atoms with E-state index in [0.717, 1.165) is 0 Å². The molecule has 0 saturated carbocycles. The van der Waals surface area contributed by atoms with Crippen LogP contribution in [0.25, 0.3) is 0 Å². The number of hydrogen-bond acceptors (Lipinski definition) is 2. The highest BCUT2D eigenvalue weighted by Gasteiger charge is 2.31. The van der Waals surface area contributed by atoms with Gasteiger partial charge in [-0.2, -0.15) is 0 Å². The number of nitrogens with two attached hydrogens (primary N) is 1. The molecule has 4 heteroatoms. The summed E-state index contributed by atoms with van der Waals surface area (Å²) < 4.78 is 0. The molecule has 0 spiro atoms. The first-order chi connectivity index (χ1) is 5.19. The third-order valence-electron chi connectivity index (χ3n) is 1.66. The number of hydrogen-bond donors (Lipinski definition) is 2. The lowest BCUT2D eigenvalue weighted by Gasteiger charge is -2.30. The van der Waals surface area contributed by atoms with E-state index in [4.69, 9.17) is 5.73 Å². The molecule has 12 heavy (non-hydrogen) atoms. The van der Waals surface area contributed by atoms with E-state index in [2.05, 4.69) is 14.6 Å². The SMILES string of the molecule is CNC(=O)C(C)(C)CC(C)(N)P. The Balaban J connectivity index is 4.32. The molecule has 2 atom stereocenters. The smallest absolute Gasteiger partial charge is 0.225 e. The van der Waals surface area contributed by atoms with Crippen LogP contribution in [0, 0.1) is 5.41 Å². The van der Waals surface area contributed by atoms with Crippen LogP contribution in [-0.4, -0.2) is 18.2 Å². The molecule has 0 aromatic carbocycles. The van der Waals surface area contributed by atoms with Crippen molar-refractivity contribution in [2.24, 2.45) is 11.1 Å². The van der Waals surface area contributed by atoms with Gasteiger partial charge >= 0.3 is 0 Å². The summed E-state index contributed by atoms with van der Waals surface area (Å²) in [5, 5.41) is 2.25. The maximum absolute atomic E-state index is 11.3. The molecule has 0 aliphatic heterocycles. The Morgan fingerprint density at radius 2 is 1.92 bits per heavy atom. The minimum Gasteiger partial charge on any atom is -0.359 e. The van der Waals surface area contributed by atoms with Crippen molar-refractivity contribution in [3.63, 3.8) is 0 Å². The Morgan fingerprint density at radius 3 is 2.17 bits per heavy atom. The van der Waals surface area contributed by atoms with Crippen LogP contribution in [0.2, 0.25) is 0 Å². The third kappa shape index (κ3) is 4.03. The van der Waals surface area contributed by atoms with E-state index in [1.54, 1.807) is 7.05 Å². The first-order valence-corrected chi connectivity index (χ1v) is 4.57. The van der Waals surface area contributed by atoms with Gasteiger partial charge in [0.25, 0.3) is 0 Å². The fourth-order valence-corrected chi connectivity index (χ4v) is 1.88. The van der Waals surface area contributed by atoms with Crippen LogP contribution in [-0.2, 0) is 4.79 Å². The van der Waals surface area contributed by atoms with E-state index in [0.29, 0.717) is 6.42 Å². The molecule has 0 radical (unpaired) electrons. The fourth-order valence-electron chi connectivity index (χ4n) is 1.37. The Labute approximate surface area is 76.7 Å². The molecule has 0 rings (SSSR count). The van der Waals surface area contributed by atoms with Crippen molar-refractivity contribution < 1.29 is 4.79 Å². The van der Waals surface area contributed by atoms with Gasteiger partial charge in [0, 0.05) is 17.7 Å². The first kappa shape index (κ1) is 11.9. The number of amides is 1. The van der Waals surface area contributed by atoms with Crippen LogP contribution >= 0.6 is 9.24 Å². The van der Waals surface area contributed by atoms with Crippen molar-refractivity contribution in [1.82, 2.24) is 5.32 Å². The maximum Gasteiger partial charge on any atom is 0.225 e. The molecule has 3 N–H and O–H groups in total. The summed E-state index contributed by atoms with van der Waals surface area (Å²) in [6, 6.07) is 0.